The molecule has 8 aromatic rings. The summed E-state index contributed by atoms with van der Waals surface area (Å²) < 4.78 is 2.10. The first kappa shape index (κ1) is 29.0. The van der Waals surface area contributed by atoms with Crippen LogP contribution in [0.3, 0.4) is 0 Å². The molecule has 0 spiro atoms. The van der Waals surface area contributed by atoms with Gasteiger partial charge in [0, 0.05) is 27.5 Å². The highest BCUT2D eigenvalue weighted by Gasteiger charge is 2.19. The van der Waals surface area contributed by atoms with Crippen LogP contribution in [0.4, 0.5) is 0 Å². The SMILES string of the molecule is N#Cc1ccc(-c2ccc3c(c2)c2ccccc2n3-c2cc(-c3nc(-c4ccccc4)nc(-c4ccccc4)n3)ccc2C#N)c(C#N)c1. The van der Waals surface area contributed by atoms with E-state index in [4.69, 9.17) is 15.0 Å². The maximum absolute atomic E-state index is 10.3. The van der Waals surface area contributed by atoms with E-state index in [1.807, 2.05) is 115 Å². The third-order valence-electron chi connectivity index (χ3n) is 8.57. The minimum atomic E-state index is 0.434. The minimum Gasteiger partial charge on any atom is -0.308 e. The number of benzene rings is 6. The molecule has 0 bridgehead atoms. The Labute approximate surface area is 281 Å². The number of hydrogen-bond acceptors (Lipinski definition) is 6. The summed E-state index contributed by atoms with van der Waals surface area (Å²) in [5, 5.41) is 31.5. The average Bonchev–Trinajstić information content (AvgIpc) is 3.51. The Bertz CT molecular complexity index is 2630. The second-order valence-corrected chi connectivity index (χ2v) is 11.5. The van der Waals surface area contributed by atoms with Gasteiger partial charge >= 0.3 is 0 Å². The zero-order chi connectivity index (χ0) is 33.3. The molecule has 0 fully saturated rings. The highest BCUT2D eigenvalue weighted by atomic mass is 15.0. The highest BCUT2D eigenvalue weighted by molar-refractivity contribution is 6.10. The topological polar surface area (TPSA) is 115 Å². The fourth-order valence-electron chi connectivity index (χ4n) is 6.25. The maximum atomic E-state index is 10.3. The monoisotopic (exact) mass is 625 g/mol. The van der Waals surface area contributed by atoms with Crippen molar-refractivity contribution in [2.45, 2.75) is 0 Å². The largest absolute Gasteiger partial charge is 0.308 e. The van der Waals surface area contributed by atoms with Crippen LogP contribution < -0.4 is 0 Å². The van der Waals surface area contributed by atoms with Crippen molar-refractivity contribution in [3.8, 4) is 69.2 Å². The molecule has 49 heavy (non-hydrogen) atoms. The third kappa shape index (κ3) is 5.13. The number of aromatic nitrogens is 4. The van der Waals surface area contributed by atoms with Gasteiger partial charge in [-0.15, -0.1) is 0 Å². The molecule has 226 valence electrons. The third-order valence-corrected chi connectivity index (χ3v) is 8.57. The average molecular weight is 626 g/mol. The van der Waals surface area contributed by atoms with Gasteiger partial charge in [-0.25, -0.2) is 15.0 Å². The standard InChI is InChI=1S/C42H23N7/c43-24-27-15-19-34(33(21-27)26-45)30-18-20-38-36(22-30)35-13-7-8-14-37(35)49(38)39-23-31(16-17-32(39)25-44)42-47-40(28-9-3-1-4-10-28)46-41(48-42)29-11-5-2-6-12-29/h1-23H. The summed E-state index contributed by atoms with van der Waals surface area (Å²) in [6.45, 7) is 0. The van der Waals surface area contributed by atoms with Crippen molar-refractivity contribution >= 4 is 21.8 Å². The van der Waals surface area contributed by atoms with Crippen molar-refractivity contribution in [1.29, 1.82) is 15.8 Å². The Hall–Kier alpha value is -7.40. The summed E-state index contributed by atoms with van der Waals surface area (Å²) >= 11 is 0. The van der Waals surface area contributed by atoms with Crippen molar-refractivity contribution < 1.29 is 0 Å². The summed E-state index contributed by atoms with van der Waals surface area (Å²) in [4.78, 5) is 14.7. The molecule has 8 rings (SSSR count). The lowest BCUT2D eigenvalue weighted by Crippen LogP contribution is -2.02. The van der Waals surface area contributed by atoms with Crippen molar-refractivity contribution in [2.24, 2.45) is 0 Å². The Balaban J connectivity index is 1.34. The molecule has 2 aromatic heterocycles. The van der Waals surface area contributed by atoms with Gasteiger partial charge in [-0.05, 0) is 59.7 Å². The second kappa shape index (κ2) is 12.1. The summed E-state index contributed by atoms with van der Waals surface area (Å²) in [6, 6.07) is 51.3. The van der Waals surface area contributed by atoms with E-state index in [9.17, 15) is 15.8 Å². The van der Waals surface area contributed by atoms with Crippen LogP contribution >= 0.6 is 0 Å². The van der Waals surface area contributed by atoms with E-state index in [2.05, 4.69) is 34.9 Å². The molecule has 0 aliphatic carbocycles. The Kier molecular flexibility index (Phi) is 7.16. The van der Waals surface area contributed by atoms with E-state index >= 15 is 0 Å². The number of hydrogen-bond donors (Lipinski definition) is 0. The quantitative estimate of drug-likeness (QED) is 0.188. The van der Waals surface area contributed by atoms with E-state index in [0.717, 1.165) is 49.6 Å². The number of nitrogens with zero attached hydrogens (tertiary/aromatic N) is 7. The van der Waals surface area contributed by atoms with E-state index in [1.165, 1.54) is 0 Å². The van der Waals surface area contributed by atoms with Gasteiger partial charge in [-0.3, -0.25) is 0 Å². The fourth-order valence-corrected chi connectivity index (χ4v) is 6.25. The van der Waals surface area contributed by atoms with Gasteiger partial charge in [0.05, 0.1) is 45.5 Å². The molecule has 0 saturated heterocycles. The molecule has 7 heteroatoms. The zero-order valence-corrected chi connectivity index (χ0v) is 25.9. The van der Waals surface area contributed by atoms with E-state index < -0.39 is 0 Å². The molecular weight excluding hydrogens is 603 g/mol. The van der Waals surface area contributed by atoms with Gasteiger partial charge < -0.3 is 4.57 Å². The number of nitriles is 3. The molecule has 0 aliphatic heterocycles. The second-order valence-electron chi connectivity index (χ2n) is 11.5. The van der Waals surface area contributed by atoms with Crippen molar-refractivity contribution in [3.05, 3.63) is 156 Å². The summed E-state index contributed by atoms with van der Waals surface area (Å²) in [5.74, 6) is 1.60. The van der Waals surface area contributed by atoms with Crippen LogP contribution in [-0.4, -0.2) is 19.5 Å². The predicted octanol–water partition coefficient (Wildman–Crippen LogP) is 9.25. The van der Waals surface area contributed by atoms with Crippen LogP contribution in [-0.2, 0) is 0 Å². The lowest BCUT2D eigenvalue weighted by molar-refractivity contribution is 1.07. The molecule has 6 aromatic carbocycles. The summed E-state index contributed by atoms with van der Waals surface area (Å²) in [5.41, 5.74) is 7.98. The van der Waals surface area contributed by atoms with Gasteiger partial charge in [0.1, 0.15) is 6.07 Å². The number of rotatable bonds is 5. The van der Waals surface area contributed by atoms with E-state index in [0.29, 0.717) is 39.9 Å². The van der Waals surface area contributed by atoms with Gasteiger partial charge in [0.25, 0.3) is 0 Å². The number of para-hydroxylation sites is 1. The van der Waals surface area contributed by atoms with Crippen LogP contribution in [0.15, 0.2) is 140 Å². The van der Waals surface area contributed by atoms with Crippen LogP contribution in [0, 0.1) is 34.0 Å². The fraction of sp³-hybridized carbons (Fsp3) is 0. The molecule has 7 nitrogen and oxygen atoms in total. The summed E-state index contributed by atoms with van der Waals surface area (Å²) in [7, 11) is 0. The van der Waals surface area contributed by atoms with E-state index in [1.54, 1.807) is 12.1 Å². The van der Waals surface area contributed by atoms with Gasteiger partial charge in [0.2, 0.25) is 0 Å². The number of fused-ring (bicyclic) bond motifs is 3. The molecule has 2 heterocycles. The Morgan fingerprint density at radius 1 is 0.429 bits per heavy atom. The Morgan fingerprint density at radius 3 is 1.67 bits per heavy atom. The van der Waals surface area contributed by atoms with Gasteiger partial charge in [-0.1, -0.05) is 91.0 Å². The Morgan fingerprint density at radius 2 is 1.02 bits per heavy atom. The van der Waals surface area contributed by atoms with Crippen molar-refractivity contribution in [2.75, 3.05) is 0 Å². The zero-order valence-electron chi connectivity index (χ0n) is 25.9. The van der Waals surface area contributed by atoms with Crippen LogP contribution in [0.5, 0.6) is 0 Å². The molecule has 0 atom stereocenters. The smallest absolute Gasteiger partial charge is 0.164 e. The predicted molar refractivity (Wildman–Crippen MR) is 190 cm³/mol. The highest BCUT2D eigenvalue weighted by Crippen LogP contribution is 2.37. The molecular formula is C42H23N7. The van der Waals surface area contributed by atoms with Gasteiger partial charge in [-0.2, -0.15) is 15.8 Å². The lowest BCUT2D eigenvalue weighted by atomic mass is 9.97. The van der Waals surface area contributed by atoms with Gasteiger partial charge in [0.15, 0.2) is 17.5 Å². The lowest BCUT2D eigenvalue weighted by Gasteiger charge is -2.13. The molecule has 0 aliphatic rings. The first-order chi connectivity index (χ1) is 24.1. The normalized spacial score (nSPS) is 10.8. The minimum absolute atomic E-state index is 0.434. The van der Waals surface area contributed by atoms with Crippen LogP contribution in [0.25, 0.3) is 72.8 Å². The van der Waals surface area contributed by atoms with Crippen LogP contribution in [0.2, 0.25) is 0 Å². The van der Waals surface area contributed by atoms with E-state index in [-0.39, 0.29) is 0 Å². The van der Waals surface area contributed by atoms with Crippen molar-refractivity contribution in [1.82, 2.24) is 19.5 Å². The molecule has 0 saturated carbocycles. The molecule has 0 amide bonds. The first-order valence-electron chi connectivity index (χ1n) is 15.5. The maximum Gasteiger partial charge on any atom is 0.164 e. The van der Waals surface area contributed by atoms with Crippen LogP contribution in [0.1, 0.15) is 16.7 Å². The summed E-state index contributed by atoms with van der Waals surface area (Å²) in [6.07, 6.45) is 0. The molecule has 0 N–H and O–H groups in total. The van der Waals surface area contributed by atoms with Crippen molar-refractivity contribution in [3.63, 3.8) is 0 Å². The first-order valence-corrected chi connectivity index (χ1v) is 15.5. The molecule has 0 radical (unpaired) electrons. The molecule has 0 unspecified atom stereocenters.